The van der Waals surface area contributed by atoms with Gasteiger partial charge in [0.1, 0.15) is 17.3 Å². The van der Waals surface area contributed by atoms with Crippen LogP contribution in [-0.4, -0.2) is 54.4 Å². The monoisotopic (exact) mass is 347 g/mol. The van der Waals surface area contributed by atoms with Crippen molar-refractivity contribution >= 4 is 5.97 Å². The summed E-state index contributed by atoms with van der Waals surface area (Å²) in [6.45, 7) is 7.49. The molecule has 0 saturated carbocycles. The summed E-state index contributed by atoms with van der Waals surface area (Å²) in [5, 5.41) is 9.73. The molecule has 1 aromatic rings. The highest BCUT2D eigenvalue weighted by molar-refractivity contribution is 5.81. The zero-order chi connectivity index (χ0) is 17.9. The molecule has 2 heterocycles. The lowest BCUT2D eigenvalue weighted by Gasteiger charge is -2.35. The highest BCUT2D eigenvalue weighted by Gasteiger charge is 2.42. The Morgan fingerprint density at radius 3 is 2.48 bits per heavy atom. The fourth-order valence-corrected chi connectivity index (χ4v) is 3.87. The van der Waals surface area contributed by atoms with Crippen LogP contribution in [0.5, 0.6) is 5.75 Å². The van der Waals surface area contributed by atoms with Gasteiger partial charge in [-0.15, -0.1) is 0 Å². The molecule has 2 saturated heterocycles. The molecule has 2 aliphatic heterocycles. The second-order valence-electron chi connectivity index (χ2n) is 7.51. The minimum absolute atomic E-state index is 0.243. The van der Waals surface area contributed by atoms with E-state index in [1.165, 1.54) is 0 Å². The van der Waals surface area contributed by atoms with Crippen molar-refractivity contribution in [1.29, 1.82) is 0 Å². The summed E-state index contributed by atoms with van der Waals surface area (Å²) in [4.78, 5) is 14.3. The Labute approximate surface area is 149 Å². The molecule has 138 valence electrons. The van der Waals surface area contributed by atoms with E-state index in [0.717, 1.165) is 43.7 Å². The van der Waals surface area contributed by atoms with Crippen LogP contribution in [0.4, 0.5) is 0 Å². The number of piperidine rings is 1. The number of carbonyl (C=O) groups is 1. The first-order chi connectivity index (χ1) is 12.0. The van der Waals surface area contributed by atoms with Gasteiger partial charge in [0, 0.05) is 25.7 Å². The van der Waals surface area contributed by atoms with Crippen molar-refractivity contribution in [1.82, 2.24) is 4.90 Å². The molecule has 0 aliphatic carbocycles. The summed E-state index contributed by atoms with van der Waals surface area (Å²) < 4.78 is 11.6. The number of hydrogen-bond acceptors (Lipinski definition) is 4. The van der Waals surface area contributed by atoms with Crippen LogP contribution in [0.15, 0.2) is 24.3 Å². The predicted molar refractivity (Wildman–Crippen MR) is 96.2 cm³/mol. The van der Waals surface area contributed by atoms with Crippen molar-refractivity contribution in [3.63, 3.8) is 0 Å². The van der Waals surface area contributed by atoms with E-state index >= 15 is 0 Å². The lowest BCUT2D eigenvalue weighted by molar-refractivity contribution is -0.149. The lowest BCUT2D eigenvalue weighted by Crippen LogP contribution is -2.43. The number of ether oxygens (including phenoxy) is 2. The van der Waals surface area contributed by atoms with Crippen LogP contribution in [-0.2, 0) is 14.9 Å². The topological polar surface area (TPSA) is 59.0 Å². The third kappa shape index (κ3) is 3.98. The molecule has 25 heavy (non-hydrogen) atoms. The number of nitrogens with zero attached hydrogens (tertiary/aromatic N) is 1. The van der Waals surface area contributed by atoms with Crippen LogP contribution in [0.25, 0.3) is 0 Å². The zero-order valence-corrected chi connectivity index (χ0v) is 15.2. The highest BCUT2D eigenvalue weighted by Crippen LogP contribution is 2.34. The van der Waals surface area contributed by atoms with Crippen molar-refractivity contribution in [2.45, 2.75) is 57.1 Å². The molecule has 1 unspecified atom stereocenters. The molecule has 0 bridgehead atoms. The van der Waals surface area contributed by atoms with Crippen LogP contribution in [0.2, 0.25) is 0 Å². The number of hydrogen-bond donors (Lipinski definition) is 1. The average molecular weight is 347 g/mol. The second-order valence-corrected chi connectivity index (χ2v) is 7.51. The van der Waals surface area contributed by atoms with E-state index in [1.807, 2.05) is 24.3 Å². The normalized spacial score (nSPS) is 25.9. The SMILES string of the molecule is CC(C)N1CCC(Oc2ccc(C3(C(=O)O)CCCOC3)cc2)CC1. The van der Waals surface area contributed by atoms with Crippen molar-refractivity contribution in [3.05, 3.63) is 29.8 Å². The predicted octanol–water partition coefficient (Wildman–Crippen LogP) is 3.07. The molecule has 0 radical (unpaired) electrons. The Bertz CT molecular complexity index is 570. The van der Waals surface area contributed by atoms with Crippen LogP contribution in [0.3, 0.4) is 0 Å². The van der Waals surface area contributed by atoms with Gasteiger partial charge < -0.3 is 19.5 Å². The zero-order valence-electron chi connectivity index (χ0n) is 15.2. The van der Waals surface area contributed by atoms with Gasteiger partial charge in [-0.3, -0.25) is 4.79 Å². The van der Waals surface area contributed by atoms with E-state index in [2.05, 4.69) is 18.7 Å². The molecule has 2 aliphatic rings. The maximum atomic E-state index is 11.8. The summed E-state index contributed by atoms with van der Waals surface area (Å²) in [5.74, 6) is 0.0194. The van der Waals surface area contributed by atoms with E-state index in [1.54, 1.807) is 0 Å². The van der Waals surface area contributed by atoms with Crippen LogP contribution in [0.1, 0.15) is 45.1 Å². The first-order valence-electron chi connectivity index (χ1n) is 9.34. The number of aliphatic carboxylic acids is 1. The molecule has 0 amide bonds. The number of carboxylic acids is 1. The second kappa shape index (κ2) is 7.75. The highest BCUT2D eigenvalue weighted by atomic mass is 16.5. The van der Waals surface area contributed by atoms with Crippen molar-refractivity contribution in [3.8, 4) is 5.75 Å². The van der Waals surface area contributed by atoms with Gasteiger partial charge in [0.2, 0.25) is 0 Å². The van der Waals surface area contributed by atoms with Gasteiger partial charge in [0.15, 0.2) is 0 Å². The van der Waals surface area contributed by atoms with Gasteiger partial charge in [0.25, 0.3) is 0 Å². The Morgan fingerprint density at radius 1 is 1.28 bits per heavy atom. The van der Waals surface area contributed by atoms with Gasteiger partial charge >= 0.3 is 5.97 Å². The number of benzene rings is 1. The van der Waals surface area contributed by atoms with E-state index in [4.69, 9.17) is 9.47 Å². The summed E-state index contributed by atoms with van der Waals surface area (Å²) >= 11 is 0. The largest absolute Gasteiger partial charge is 0.490 e. The standard InChI is InChI=1S/C20H29NO4/c1-15(2)21-11-8-18(9-12-21)25-17-6-4-16(5-7-17)20(19(22)23)10-3-13-24-14-20/h4-7,15,18H,3,8-14H2,1-2H3,(H,22,23). The third-order valence-electron chi connectivity index (χ3n) is 5.57. The van der Waals surface area contributed by atoms with Gasteiger partial charge in [-0.2, -0.15) is 0 Å². The Balaban J connectivity index is 1.63. The van der Waals surface area contributed by atoms with Gasteiger partial charge in [-0.25, -0.2) is 0 Å². The molecule has 0 aromatic heterocycles. The summed E-state index contributed by atoms with van der Waals surface area (Å²) in [7, 11) is 0. The average Bonchev–Trinajstić information content (AvgIpc) is 2.63. The van der Waals surface area contributed by atoms with E-state index in [0.29, 0.717) is 19.1 Å². The summed E-state index contributed by atoms with van der Waals surface area (Å²) in [5.41, 5.74) is -0.110. The van der Waals surface area contributed by atoms with Gasteiger partial charge in [0.05, 0.1) is 6.61 Å². The molecule has 1 N–H and O–H groups in total. The third-order valence-corrected chi connectivity index (χ3v) is 5.57. The van der Waals surface area contributed by atoms with Gasteiger partial charge in [-0.1, -0.05) is 12.1 Å². The molecule has 5 heteroatoms. The van der Waals surface area contributed by atoms with Crippen molar-refractivity contribution in [2.75, 3.05) is 26.3 Å². The summed E-state index contributed by atoms with van der Waals surface area (Å²) in [6.07, 6.45) is 3.71. The molecule has 3 rings (SSSR count). The molecule has 1 atom stereocenters. The first kappa shape index (κ1) is 18.2. The molecule has 2 fully saturated rings. The number of carboxylic acid groups (broad SMARTS) is 1. The first-order valence-corrected chi connectivity index (χ1v) is 9.34. The lowest BCUT2D eigenvalue weighted by atomic mass is 9.76. The van der Waals surface area contributed by atoms with Crippen molar-refractivity contribution in [2.24, 2.45) is 0 Å². The molecular weight excluding hydrogens is 318 g/mol. The minimum atomic E-state index is -0.917. The Kier molecular flexibility index (Phi) is 5.64. The van der Waals surface area contributed by atoms with Crippen LogP contribution >= 0.6 is 0 Å². The number of rotatable bonds is 5. The van der Waals surface area contributed by atoms with Crippen LogP contribution in [0, 0.1) is 0 Å². The minimum Gasteiger partial charge on any atom is -0.490 e. The van der Waals surface area contributed by atoms with E-state index in [-0.39, 0.29) is 12.7 Å². The van der Waals surface area contributed by atoms with E-state index in [9.17, 15) is 9.90 Å². The Morgan fingerprint density at radius 2 is 1.96 bits per heavy atom. The fourth-order valence-electron chi connectivity index (χ4n) is 3.87. The van der Waals surface area contributed by atoms with Gasteiger partial charge in [-0.05, 0) is 57.2 Å². The molecular formula is C20H29NO4. The van der Waals surface area contributed by atoms with Crippen molar-refractivity contribution < 1.29 is 19.4 Å². The molecule has 5 nitrogen and oxygen atoms in total. The fraction of sp³-hybridized carbons (Fsp3) is 0.650. The molecule has 0 spiro atoms. The quantitative estimate of drug-likeness (QED) is 0.887. The van der Waals surface area contributed by atoms with Crippen LogP contribution < -0.4 is 4.74 Å². The maximum Gasteiger partial charge on any atom is 0.316 e. The number of likely N-dealkylation sites (tertiary alicyclic amines) is 1. The summed E-state index contributed by atoms with van der Waals surface area (Å²) in [6, 6.07) is 8.18. The van der Waals surface area contributed by atoms with E-state index < -0.39 is 11.4 Å². The maximum absolute atomic E-state index is 11.8. The molecule has 1 aromatic carbocycles. The smallest absolute Gasteiger partial charge is 0.316 e. The Hall–Kier alpha value is -1.59.